The van der Waals surface area contributed by atoms with E-state index in [2.05, 4.69) is 0 Å². The summed E-state index contributed by atoms with van der Waals surface area (Å²) in [5.41, 5.74) is 5.75. The van der Waals surface area contributed by atoms with Crippen LogP contribution in [0.2, 0.25) is 0 Å². The lowest BCUT2D eigenvalue weighted by Gasteiger charge is -2.01. The predicted octanol–water partition coefficient (Wildman–Crippen LogP) is 0.198. The molecule has 2 aliphatic carbocycles. The second-order valence-electron chi connectivity index (χ2n) is 3.53. The topological polar surface area (TPSA) is 63.3 Å². The van der Waals surface area contributed by atoms with E-state index in [0.29, 0.717) is 5.92 Å². The lowest BCUT2D eigenvalue weighted by Crippen LogP contribution is -2.21. The maximum atomic E-state index is 10.5. The van der Waals surface area contributed by atoms with Gasteiger partial charge in [0.2, 0.25) is 0 Å². The van der Waals surface area contributed by atoms with E-state index in [1.807, 2.05) is 0 Å². The van der Waals surface area contributed by atoms with Gasteiger partial charge in [0.15, 0.2) is 0 Å². The van der Waals surface area contributed by atoms with Gasteiger partial charge in [-0.05, 0) is 25.2 Å². The Kier molecular flexibility index (Phi) is 0.944. The average molecular weight is 141 g/mol. The third-order valence-corrected chi connectivity index (χ3v) is 2.90. The van der Waals surface area contributed by atoms with Gasteiger partial charge in [0, 0.05) is 5.54 Å². The Morgan fingerprint density at radius 3 is 2.60 bits per heavy atom. The Morgan fingerprint density at radius 2 is 2.40 bits per heavy atom. The first-order valence-corrected chi connectivity index (χ1v) is 3.65. The summed E-state index contributed by atoms with van der Waals surface area (Å²) in [5, 5.41) is 8.67. The summed E-state index contributed by atoms with van der Waals surface area (Å²) in [6.07, 6.45) is 2.63. The minimum atomic E-state index is -0.658. The zero-order valence-electron chi connectivity index (χ0n) is 5.71. The van der Waals surface area contributed by atoms with Crippen LogP contribution in [0.25, 0.3) is 0 Å². The summed E-state index contributed by atoms with van der Waals surface area (Å²) in [6, 6.07) is 0. The fraction of sp³-hybridized carbons (Fsp3) is 0.857. The molecule has 0 heterocycles. The Morgan fingerprint density at radius 1 is 1.70 bits per heavy atom. The van der Waals surface area contributed by atoms with Gasteiger partial charge >= 0.3 is 5.97 Å². The number of hydrogen-bond acceptors (Lipinski definition) is 2. The van der Waals surface area contributed by atoms with Crippen molar-refractivity contribution >= 4 is 5.97 Å². The molecule has 0 saturated heterocycles. The number of hydrogen-bond donors (Lipinski definition) is 2. The number of rotatable bonds is 1. The summed E-state index contributed by atoms with van der Waals surface area (Å²) in [6.45, 7) is 0. The smallest absolute Gasteiger partial charge is 0.306 e. The highest BCUT2D eigenvalue weighted by Gasteiger charge is 2.61. The molecule has 3 nitrogen and oxygen atoms in total. The maximum Gasteiger partial charge on any atom is 0.306 e. The van der Waals surface area contributed by atoms with Crippen LogP contribution < -0.4 is 5.73 Å². The molecule has 0 aromatic heterocycles. The quantitative estimate of drug-likeness (QED) is 0.548. The molecule has 0 unspecified atom stereocenters. The molecule has 0 aromatic rings. The van der Waals surface area contributed by atoms with Crippen molar-refractivity contribution in [2.24, 2.45) is 17.6 Å². The molecule has 2 fully saturated rings. The molecule has 0 amide bonds. The van der Waals surface area contributed by atoms with Crippen molar-refractivity contribution in [3.8, 4) is 0 Å². The van der Waals surface area contributed by atoms with Crippen LogP contribution in [0.1, 0.15) is 19.3 Å². The third kappa shape index (κ3) is 0.611. The van der Waals surface area contributed by atoms with Crippen LogP contribution >= 0.6 is 0 Å². The second kappa shape index (κ2) is 1.53. The van der Waals surface area contributed by atoms with Crippen LogP contribution in [0.15, 0.2) is 0 Å². The molecule has 56 valence electrons. The monoisotopic (exact) mass is 141 g/mol. The van der Waals surface area contributed by atoms with Gasteiger partial charge in [-0.2, -0.15) is 0 Å². The van der Waals surface area contributed by atoms with Crippen LogP contribution in [0.3, 0.4) is 0 Å². The molecule has 10 heavy (non-hydrogen) atoms. The van der Waals surface area contributed by atoms with Crippen LogP contribution in [0.5, 0.6) is 0 Å². The Bertz CT molecular complexity index is 192. The third-order valence-electron chi connectivity index (χ3n) is 2.90. The molecular weight excluding hydrogens is 130 g/mol. The van der Waals surface area contributed by atoms with Crippen molar-refractivity contribution in [2.45, 2.75) is 24.8 Å². The highest BCUT2D eigenvalue weighted by Crippen LogP contribution is 2.57. The van der Waals surface area contributed by atoms with Gasteiger partial charge in [-0.25, -0.2) is 0 Å². The average Bonchev–Trinajstić information content (AvgIpc) is 2.36. The molecule has 0 aromatic carbocycles. The Balaban J connectivity index is 2.11. The number of aliphatic carboxylic acids is 1. The van der Waals surface area contributed by atoms with Crippen LogP contribution in [-0.2, 0) is 4.79 Å². The summed E-state index contributed by atoms with van der Waals surface area (Å²) >= 11 is 0. The van der Waals surface area contributed by atoms with E-state index in [9.17, 15) is 4.79 Å². The maximum absolute atomic E-state index is 10.5. The van der Waals surface area contributed by atoms with Gasteiger partial charge in [-0.15, -0.1) is 0 Å². The van der Waals surface area contributed by atoms with Crippen molar-refractivity contribution in [1.29, 1.82) is 0 Å². The van der Waals surface area contributed by atoms with E-state index in [0.717, 1.165) is 19.3 Å². The van der Waals surface area contributed by atoms with E-state index in [-0.39, 0.29) is 11.5 Å². The molecular formula is C7H11NO2. The van der Waals surface area contributed by atoms with E-state index >= 15 is 0 Å². The van der Waals surface area contributed by atoms with Crippen LogP contribution in [0.4, 0.5) is 0 Å². The summed E-state index contributed by atoms with van der Waals surface area (Å²) < 4.78 is 0. The number of carboxylic acids is 1. The normalized spacial score (nSPS) is 50.5. The summed E-state index contributed by atoms with van der Waals surface area (Å²) in [7, 11) is 0. The SMILES string of the molecule is N[C@@]12CC[C@@H](C(=O)O)[C@@H]1C2. The highest BCUT2D eigenvalue weighted by atomic mass is 16.4. The number of carboxylic acid groups (broad SMARTS) is 1. The van der Waals surface area contributed by atoms with Crippen LogP contribution in [0, 0.1) is 11.8 Å². The first-order valence-electron chi connectivity index (χ1n) is 3.65. The molecule has 2 rings (SSSR count). The van der Waals surface area contributed by atoms with Crippen molar-refractivity contribution in [1.82, 2.24) is 0 Å². The van der Waals surface area contributed by atoms with Crippen LogP contribution in [-0.4, -0.2) is 16.6 Å². The van der Waals surface area contributed by atoms with Crippen molar-refractivity contribution in [3.05, 3.63) is 0 Å². The van der Waals surface area contributed by atoms with E-state index < -0.39 is 5.97 Å². The van der Waals surface area contributed by atoms with E-state index in [1.54, 1.807) is 0 Å². The standard InChI is InChI=1S/C7H11NO2/c8-7-2-1-4(6(9)10)5(7)3-7/h4-5H,1-3,8H2,(H,9,10)/t4-,5+,7-/m1/s1. The van der Waals surface area contributed by atoms with Crippen molar-refractivity contribution < 1.29 is 9.90 Å². The van der Waals surface area contributed by atoms with E-state index in [1.165, 1.54) is 0 Å². The summed E-state index contributed by atoms with van der Waals surface area (Å²) in [4.78, 5) is 10.5. The molecule has 2 aliphatic rings. The zero-order chi connectivity index (χ0) is 7.35. The molecule has 3 atom stereocenters. The molecule has 0 aliphatic heterocycles. The van der Waals surface area contributed by atoms with Gasteiger partial charge in [0.25, 0.3) is 0 Å². The fourth-order valence-corrected chi connectivity index (χ4v) is 2.10. The van der Waals surface area contributed by atoms with Gasteiger partial charge in [0.05, 0.1) is 5.92 Å². The lowest BCUT2D eigenvalue weighted by atomic mass is 10.0. The number of fused-ring (bicyclic) bond motifs is 1. The minimum Gasteiger partial charge on any atom is -0.481 e. The molecule has 0 spiro atoms. The first kappa shape index (κ1) is 6.16. The van der Waals surface area contributed by atoms with Gasteiger partial charge in [0.1, 0.15) is 0 Å². The highest BCUT2D eigenvalue weighted by molar-refractivity contribution is 5.72. The van der Waals surface area contributed by atoms with Crippen molar-refractivity contribution in [2.75, 3.05) is 0 Å². The molecule has 2 saturated carbocycles. The number of carbonyl (C=O) groups is 1. The van der Waals surface area contributed by atoms with E-state index in [4.69, 9.17) is 10.8 Å². The number of nitrogens with two attached hydrogens (primary N) is 1. The Hall–Kier alpha value is -0.570. The largest absolute Gasteiger partial charge is 0.481 e. The Labute approximate surface area is 59.2 Å². The molecule has 3 heteroatoms. The van der Waals surface area contributed by atoms with Crippen molar-refractivity contribution in [3.63, 3.8) is 0 Å². The lowest BCUT2D eigenvalue weighted by molar-refractivity contribution is -0.142. The summed E-state index contributed by atoms with van der Waals surface area (Å²) in [5.74, 6) is -0.496. The first-order chi connectivity index (χ1) is 4.63. The zero-order valence-corrected chi connectivity index (χ0v) is 5.71. The second-order valence-corrected chi connectivity index (χ2v) is 3.53. The van der Waals surface area contributed by atoms with Gasteiger partial charge < -0.3 is 10.8 Å². The fourth-order valence-electron chi connectivity index (χ4n) is 2.10. The molecule has 0 bridgehead atoms. The van der Waals surface area contributed by atoms with Gasteiger partial charge in [-0.1, -0.05) is 0 Å². The molecule has 0 radical (unpaired) electrons. The minimum absolute atomic E-state index is 0.0664. The molecule has 3 N–H and O–H groups in total. The predicted molar refractivity (Wildman–Crippen MR) is 35.4 cm³/mol. The van der Waals surface area contributed by atoms with Gasteiger partial charge in [-0.3, -0.25) is 4.79 Å².